The van der Waals surface area contributed by atoms with E-state index in [1.54, 1.807) is 17.5 Å². The molecular weight excluding hydrogens is 214 g/mol. The summed E-state index contributed by atoms with van der Waals surface area (Å²) < 4.78 is 0. The summed E-state index contributed by atoms with van der Waals surface area (Å²) in [5.74, 6) is -0.250. The van der Waals surface area contributed by atoms with Crippen LogP contribution in [0.4, 0.5) is 4.79 Å². The molecule has 1 aliphatic rings. The first-order chi connectivity index (χ1) is 7.08. The normalized spacial score (nSPS) is 18.1. The molecule has 6 heteroatoms. The topological polar surface area (TPSA) is 62.3 Å². The number of aromatic nitrogens is 1. The molecule has 0 radical (unpaired) electrons. The number of aryl methyl sites for hydroxylation is 1. The van der Waals surface area contributed by atoms with Crippen LogP contribution in [0.5, 0.6) is 0 Å². The molecule has 80 valence electrons. The number of nitrogens with zero attached hydrogens (tertiary/aromatic N) is 2. The summed E-state index contributed by atoms with van der Waals surface area (Å²) in [6, 6.07) is -0.476. The summed E-state index contributed by atoms with van der Waals surface area (Å²) in [5.41, 5.74) is 0. The molecule has 0 bridgehead atoms. The first kappa shape index (κ1) is 10.1. The van der Waals surface area contributed by atoms with Gasteiger partial charge in [-0.1, -0.05) is 0 Å². The van der Waals surface area contributed by atoms with Crippen LogP contribution in [0.15, 0.2) is 6.20 Å². The maximum Gasteiger partial charge on any atom is 0.325 e. The van der Waals surface area contributed by atoms with E-state index in [-0.39, 0.29) is 24.5 Å². The van der Waals surface area contributed by atoms with E-state index < -0.39 is 0 Å². The molecule has 1 saturated heterocycles. The Morgan fingerprint density at radius 2 is 2.33 bits per heavy atom. The minimum absolute atomic E-state index is 0.124. The zero-order valence-corrected chi connectivity index (χ0v) is 9.30. The number of rotatable bonds is 2. The van der Waals surface area contributed by atoms with Gasteiger partial charge in [-0.3, -0.25) is 10.1 Å². The minimum Gasteiger partial charge on any atom is -0.306 e. The fraction of sp³-hybridized carbons (Fsp3) is 0.444. The number of carbonyl (C=O) groups is 2. The van der Waals surface area contributed by atoms with Crippen molar-refractivity contribution in [2.75, 3.05) is 6.54 Å². The van der Waals surface area contributed by atoms with Crippen molar-refractivity contribution in [1.29, 1.82) is 0 Å². The molecule has 0 aromatic carbocycles. The Kier molecular flexibility index (Phi) is 2.44. The number of hydrogen-bond donors (Lipinski definition) is 1. The molecule has 0 spiro atoms. The van der Waals surface area contributed by atoms with Gasteiger partial charge in [-0.25, -0.2) is 9.78 Å². The first-order valence-electron chi connectivity index (χ1n) is 4.60. The molecule has 2 rings (SSSR count). The van der Waals surface area contributed by atoms with Crippen LogP contribution < -0.4 is 5.32 Å². The number of imide groups is 1. The van der Waals surface area contributed by atoms with Crippen LogP contribution in [0.1, 0.15) is 22.9 Å². The van der Waals surface area contributed by atoms with Crippen molar-refractivity contribution >= 4 is 23.3 Å². The predicted octanol–water partition coefficient (Wildman–Crippen LogP) is 1.06. The van der Waals surface area contributed by atoms with E-state index in [0.29, 0.717) is 0 Å². The van der Waals surface area contributed by atoms with Gasteiger partial charge in [0.1, 0.15) is 11.6 Å². The SMILES string of the molecule is Cc1cnc(C(C)N2CC(=O)NC2=O)s1. The molecule has 1 aromatic rings. The highest BCUT2D eigenvalue weighted by Crippen LogP contribution is 2.25. The zero-order valence-electron chi connectivity index (χ0n) is 8.48. The van der Waals surface area contributed by atoms with Crippen molar-refractivity contribution in [2.45, 2.75) is 19.9 Å². The van der Waals surface area contributed by atoms with Crippen molar-refractivity contribution in [3.8, 4) is 0 Å². The highest BCUT2D eigenvalue weighted by atomic mass is 32.1. The van der Waals surface area contributed by atoms with Gasteiger partial charge >= 0.3 is 6.03 Å². The summed E-state index contributed by atoms with van der Waals surface area (Å²) >= 11 is 1.54. The summed E-state index contributed by atoms with van der Waals surface area (Å²) in [5, 5.41) is 3.11. The lowest BCUT2D eigenvalue weighted by atomic mass is 10.3. The molecule has 1 N–H and O–H groups in total. The van der Waals surface area contributed by atoms with Gasteiger partial charge in [0.05, 0.1) is 6.04 Å². The van der Waals surface area contributed by atoms with Crippen LogP contribution in [0.2, 0.25) is 0 Å². The van der Waals surface area contributed by atoms with Gasteiger partial charge in [-0.15, -0.1) is 11.3 Å². The fourth-order valence-corrected chi connectivity index (χ4v) is 2.31. The van der Waals surface area contributed by atoms with Gasteiger partial charge in [-0.05, 0) is 13.8 Å². The van der Waals surface area contributed by atoms with Gasteiger partial charge in [0.2, 0.25) is 5.91 Å². The van der Waals surface area contributed by atoms with Crippen LogP contribution >= 0.6 is 11.3 Å². The quantitative estimate of drug-likeness (QED) is 0.766. The fourth-order valence-electron chi connectivity index (χ4n) is 1.47. The summed E-state index contributed by atoms with van der Waals surface area (Å²) in [6.45, 7) is 3.96. The Hall–Kier alpha value is -1.43. The third-order valence-electron chi connectivity index (χ3n) is 2.29. The Bertz CT molecular complexity index is 415. The first-order valence-corrected chi connectivity index (χ1v) is 5.42. The molecule has 2 heterocycles. The van der Waals surface area contributed by atoms with E-state index in [1.807, 2.05) is 13.8 Å². The maximum atomic E-state index is 11.4. The second-order valence-corrected chi connectivity index (χ2v) is 4.73. The summed E-state index contributed by atoms with van der Waals surface area (Å²) in [4.78, 5) is 29.2. The molecule has 3 amide bonds. The Balaban J connectivity index is 2.18. The second kappa shape index (κ2) is 3.62. The van der Waals surface area contributed by atoms with Crippen molar-refractivity contribution in [2.24, 2.45) is 0 Å². The zero-order chi connectivity index (χ0) is 11.0. The maximum absolute atomic E-state index is 11.4. The number of carbonyl (C=O) groups excluding carboxylic acids is 2. The Morgan fingerprint density at radius 1 is 1.60 bits per heavy atom. The number of amides is 3. The molecule has 0 aliphatic carbocycles. The number of thiazole rings is 1. The van der Waals surface area contributed by atoms with Crippen LogP contribution in [0.3, 0.4) is 0 Å². The Labute approximate surface area is 91.1 Å². The molecule has 1 unspecified atom stereocenters. The van der Waals surface area contributed by atoms with Gasteiger partial charge in [0, 0.05) is 11.1 Å². The van der Waals surface area contributed by atoms with Crippen LogP contribution in [-0.2, 0) is 4.79 Å². The van der Waals surface area contributed by atoms with Gasteiger partial charge in [0.25, 0.3) is 0 Å². The van der Waals surface area contributed by atoms with Crippen LogP contribution in [0, 0.1) is 6.92 Å². The third kappa shape index (κ3) is 1.85. The lowest BCUT2D eigenvalue weighted by molar-refractivity contribution is -0.118. The molecule has 15 heavy (non-hydrogen) atoms. The lowest BCUT2D eigenvalue weighted by Gasteiger charge is -2.19. The average Bonchev–Trinajstić information content (AvgIpc) is 2.71. The molecule has 1 aromatic heterocycles. The molecule has 5 nitrogen and oxygen atoms in total. The highest BCUT2D eigenvalue weighted by molar-refractivity contribution is 7.11. The van der Waals surface area contributed by atoms with Crippen molar-refractivity contribution in [1.82, 2.24) is 15.2 Å². The molecular formula is C9H11N3O2S. The third-order valence-corrected chi connectivity index (χ3v) is 3.37. The standard InChI is InChI=1S/C9H11N3O2S/c1-5-3-10-8(15-5)6(2)12-4-7(13)11-9(12)14/h3,6H,4H2,1-2H3,(H,11,13,14). The van der Waals surface area contributed by atoms with E-state index in [2.05, 4.69) is 10.3 Å². The smallest absolute Gasteiger partial charge is 0.306 e. The molecule has 1 atom stereocenters. The van der Waals surface area contributed by atoms with E-state index in [4.69, 9.17) is 0 Å². The monoisotopic (exact) mass is 225 g/mol. The van der Waals surface area contributed by atoms with Gasteiger partial charge < -0.3 is 4.90 Å². The van der Waals surface area contributed by atoms with E-state index in [9.17, 15) is 9.59 Å². The molecule has 0 saturated carbocycles. The molecule has 1 fully saturated rings. The van der Waals surface area contributed by atoms with Crippen molar-refractivity contribution < 1.29 is 9.59 Å². The van der Waals surface area contributed by atoms with Crippen molar-refractivity contribution in [3.05, 3.63) is 16.1 Å². The minimum atomic E-state index is -0.333. The van der Waals surface area contributed by atoms with E-state index in [1.165, 1.54) is 4.90 Å². The lowest BCUT2D eigenvalue weighted by Crippen LogP contribution is -2.30. The number of urea groups is 1. The summed E-state index contributed by atoms with van der Waals surface area (Å²) in [7, 11) is 0. The molecule has 1 aliphatic heterocycles. The van der Waals surface area contributed by atoms with Gasteiger partial charge in [0.15, 0.2) is 0 Å². The van der Waals surface area contributed by atoms with E-state index in [0.717, 1.165) is 9.88 Å². The number of hydrogen-bond acceptors (Lipinski definition) is 4. The highest BCUT2D eigenvalue weighted by Gasteiger charge is 2.32. The summed E-state index contributed by atoms with van der Waals surface area (Å²) in [6.07, 6.45) is 1.77. The van der Waals surface area contributed by atoms with E-state index >= 15 is 0 Å². The predicted molar refractivity (Wildman–Crippen MR) is 55.5 cm³/mol. The average molecular weight is 225 g/mol. The largest absolute Gasteiger partial charge is 0.325 e. The van der Waals surface area contributed by atoms with Crippen molar-refractivity contribution in [3.63, 3.8) is 0 Å². The van der Waals surface area contributed by atoms with Crippen LogP contribution in [-0.4, -0.2) is 28.4 Å². The Morgan fingerprint density at radius 3 is 2.80 bits per heavy atom. The number of nitrogens with one attached hydrogen (secondary N) is 1. The van der Waals surface area contributed by atoms with Crippen LogP contribution in [0.25, 0.3) is 0 Å². The van der Waals surface area contributed by atoms with Gasteiger partial charge in [-0.2, -0.15) is 0 Å². The second-order valence-electron chi connectivity index (χ2n) is 3.47.